The summed E-state index contributed by atoms with van der Waals surface area (Å²) in [4.78, 5) is 14.9. The fourth-order valence-electron chi connectivity index (χ4n) is 3.72. The van der Waals surface area contributed by atoms with Gasteiger partial charge in [0, 0.05) is 19.6 Å². The largest absolute Gasteiger partial charge is 0.337 e. The van der Waals surface area contributed by atoms with Gasteiger partial charge in [-0.25, -0.2) is 8.42 Å². The minimum Gasteiger partial charge on any atom is -0.337 e. The molecule has 1 fully saturated rings. The molecule has 0 spiro atoms. The van der Waals surface area contributed by atoms with Crippen LogP contribution >= 0.6 is 22.9 Å². The Morgan fingerprint density at radius 2 is 1.88 bits per heavy atom. The summed E-state index contributed by atoms with van der Waals surface area (Å²) < 4.78 is 27.9. The van der Waals surface area contributed by atoms with Gasteiger partial charge < -0.3 is 4.90 Å². The van der Waals surface area contributed by atoms with Crippen molar-refractivity contribution in [2.24, 2.45) is 0 Å². The fraction of sp³-hybridized carbons (Fsp3) is 0.389. The van der Waals surface area contributed by atoms with Crippen LogP contribution in [0.4, 0.5) is 0 Å². The highest BCUT2D eigenvalue weighted by molar-refractivity contribution is 7.91. The van der Waals surface area contributed by atoms with Crippen molar-refractivity contribution >= 4 is 38.9 Å². The highest BCUT2D eigenvalue weighted by Crippen LogP contribution is 2.33. The van der Waals surface area contributed by atoms with E-state index < -0.39 is 16.1 Å². The zero-order valence-electron chi connectivity index (χ0n) is 14.1. The second-order valence-electron chi connectivity index (χ2n) is 6.61. The molecule has 1 saturated heterocycles. The molecule has 0 N–H and O–H groups in total. The number of carbonyl (C=O) groups excluding carboxylic acids is 1. The zero-order chi connectivity index (χ0) is 18.3. The van der Waals surface area contributed by atoms with E-state index in [0.29, 0.717) is 36.8 Å². The number of fused-ring (bicyclic) bond motifs is 1. The van der Waals surface area contributed by atoms with Gasteiger partial charge in [-0.15, -0.1) is 11.3 Å². The van der Waals surface area contributed by atoms with E-state index in [-0.39, 0.29) is 10.1 Å². The van der Waals surface area contributed by atoms with Crippen LogP contribution < -0.4 is 0 Å². The predicted octanol–water partition coefficient (Wildman–Crippen LogP) is 3.14. The Hall–Kier alpha value is -1.41. The van der Waals surface area contributed by atoms with E-state index in [4.69, 9.17) is 11.6 Å². The number of amides is 1. The van der Waals surface area contributed by atoms with Crippen molar-refractivity contribution in [2.45, 2.75) is 36.1 Å². The molecule has 3 heterocycles. The summed E-state index contributed by atoms with van der Waals surface area (Å²) >= 11 is 6.93. The topological polar surface area (TPSA) is 57.7 Å². The molecular formula is C18H19ClN2O3S2. The Morgan fingerprint density at radius 3 is 2.62 bits per heavy atom. The average molecular weight is 411 g/mol. The van der Waals surface area contributed by atoms with Gasteiger partial charge in [0.05, 0.1) is 4.34 Å². The van der Waals surface area contributed by atoms with Crippen LogP contribution in [-0.4, -0.2) is 42.7 Å². The third-order valence-electron chi connectivity index (χ3n) is 5.04. The molecule has 138 valence electrons. The lowest BCUT2D eigenvalue weighted by Crippen LogP contribution is -2.48. The second-order valence-corrected chi connectivity index (χ2v) is 10.4. The van der Waals surface area contributed by atoms with E-state index in [1.54, 1.807) is 11.0 Å². The van der Waals surface area contributed by atoms with Gasteiger partial charge in [0.2, 0.25) is 5.91 Å². The Labute approximate surface area is 162 Å². The first-order valence-electron chi connectivity index (χ1n) is 8.59. The molecule has 2 aromatic rings. The predicted molar refractivity (Wildman–Crippen MR) is 102 cm³/mol. The third-order valence-corrected chi connectivity index (χ3v) is 8.65. The van der Waals surface area contributed by atoms with Gasteiger partial charge in [0.25, 0.3) is 10.0 Å². The zero-order valence-corrected chi connectivity index (χ0v) is 16.5. The summed E-state index contributed by atoms with van der Waals surface area (Å²) in [5.74, 6) is -0.0942. The lowest BCUT2D eigenvalue weighted by Gasteiger charge is -2.33. The number of sulfonamides is 1. The molecule has 2 aliphatic rings. The maximum Gasteiger partial charge on any atom is 0.253 e. The molecule has 0 radical (unpaired) electrons. The number of rotatable bonds is 3. The number of halogens is 1. The molecule has 0 aliphatic carbocycles. The molecule has 1 aromatic carbocycles. The normalized spacial score (nSPS) is 21.0. The Bertz CT molecular complexity index is 941. The van der Waals surface area contributed by atoms with E-state index >= 15 is 0 Å². The summed E-state index contributed by atoms with van der Waals surface area (Å²) in [5.41, 5.74) is 2.41. The lowest BCUT2D eigenvalue weighted by molar-refractivity contribution is -0.135. The van der Waals surface area contributed by atoms with Crippen molar-refractivity contribution in [3.8, 4) is 0 Å². The second kappa shape index (κ2) is 6.96. The lowest BCUT2D eigenvalue weighted by atomic mass is 9.99. The van der Waals surface area contributed by atoms with Gasteiger partial charge in [0.15, 0.2) is 0 Å². The van der Waals surface area contributed by atoms with Crippen molar-refractivity contribution in [1.29, 1.82) is 0 Å². The SMILES string of the molecule is O=C(C1CCCN1S(=O)(=O)c1ccc(Cl)s1)N1CCc2ccccc2C1. The summed E-state index contributed by atoms with van der Waals surface area (Å²) in [5, 5.41) is 0. The molecule has 4 rings (SSSR count). The van der Waals surface area contributed by atoms with Crippen molar-refractivity contribution in [1.82, 2.24) is 9.21 Å². The van der Waals surface area contributed by atoms with E-state index in [2.05, 4.69) is 6.07 Å². The Morgan fingerprint density at radius 1 is 1.12 bits per heavy atom. The van der Waals surface area contributed by atoms with Crippen molar-refractivity contribution < 1.29 is 13.2 Å². The van der Waals surface area contributed by atoms with Crippen LogP contribution in [0.25, 0.3) is 0 Å². The maximum absolute atomic E-state index is 13.1. The van der Waals surface area contributed by atoms with Crippen molar-refractivity contribution in [3.05, 3.63) is 51.9 Å². The molecule has 1 atom stereocenters. The van der Waals surface area contributed by atoms with Crippen LogP contribution in [0.3, 0.4) is 0 Å². The number of hydrogen-bond acceptors (Lipinski definition) is 4. The monoisotopic (exact) mass is 410 g/mol. The van der Waals surface area contributed by atoms with E-state index in [1.807, 2.05) is 18.2 Å². The number of hydrogen-bond donors (Lipinski definition) is 0. The minimum atomic E-state index is -3.69. The van der Waals surface area contributed by atoms with Gasteiger partial charge in [-0.05, 0) is 42.5 Å². The summed E-state index contributed by atoms with van der Waals surface area (Å²) in [6.07, 6.45) is 2.07. The molecular weight excluding hydrogens is 392 g/mol. The van der Waals surface area contributed by atoms with Gasteiger partial charge in [-0.2, -0.15) is 4.31 Å². The number of carbonyl (C=O) groups is 1. The quantitative estimate of drug-likeness (QED) is 0.781. The van der Waals surface area contributed by atoms with Crippen LogP contribution in [0.1, 0.15) is 24.0 Å². The highest BCUT2D eigenvalue weighted by atomic mass is 35.5. The van der Waals surface area contributed by atoms with Gasteiger partial charge in [-0.3, -0.25) is 4.79 Å². The smallest absolute Gasteiger partial charge is 0.253 e. The summed E-state index contributed by atoms with van der Waals surface area (Å²) in [6, 6.07) is 10.6. The van der Waals surface area contributed by atoms with Crippen LogP contribution in [0, 0.1) is 0 Å². The summed E-state index contributed by atoms with van der Waals surface area (Å²) in [7, 11) is -3.69. The Balaban J connectivity index is 1.56. The maximum atomic E-state index is 13.1. The molecule has 2 aliphatic heterocycles. The molecule has 1 aromatic heterocycles. The molecule has 0 saturated carbocycles. The number of benzene rings is 1. The highest BCUT2D eigenvalue weighted by Gasteiger charge is 2.42. The average Bonchev–Trinajstić information content (AvgIpc) is 3.30. The standard InChI is InChI=1S/C18H19ClN2O3S2/c19-16-7-8-17(25-16)26(23,24)21-10-3-6-15(21)18(22)20-11-9-13-4-1-2-5-14(13)12-20/h1-2,4-5,7-8,15H,3,6,9-12H2. The Kier molecular flexibility index (Phi) is 4.81. The molecule has 0 bridgehead atoms. The molecule has 8 heteroatoms. The first-order chi connectivity index (χ1) is 12.5. The van der Waals surface area contributed by atoms with Crippen molar-refractivity contribution in [3.63, 3.8) is 0 Å². The molecule has 26 heavy (non-hydrogen) atoms. The van der Waals surface area contributed by atoms with Gasteiger partial charge in [0.1, 0.15) is 10.3 Å². The van der Waals surface area contributed by atoms with Crippen LogP contribution in [-0.2, 0) is 27.8 Å². The van der Waals surface area contributed by atoms with Crippen molar-refractivity contribution in [2.75, 3.05) is 13.1 Å². The first kappa shape index (κ1) is 18.0. The van der Waals surface area contributed by atoms with Crippen LogP contribution in [0.2, 0.25) is 4.34 Å². The molecule has 1 amide bonds. The third kappa shape index (κ3) is 3.17. The van der Waals surface area contributed by atoms with E-state index in [9.17, 15) is 13.2 Å². The number of nitrogens with zero attached hydrogens (tertiary/aromatic N) is 2. The van der Waals surface area contributed by atoms with Crippen LogP contribution in [0.5, 0.6) is 0 Å². The van der Waals surface area contributed by atoms with Gasteiger partial charge >= 0.3 is 0 Å². The first-order valence-corrected chi connectivity index (χ1v) is 11.2. The number of thiophene rings is 1. The van der Waals surface area contributed by atoms with E-state index in [0.717, 1.165) is 23.3 Å². The van der Waals surface area contributed by atoms with Crippen LogP contribution in [0.15, 0.2) is 40.6 Å². The molecule has 5 nitrogen and oxygen atoms in total. The van der Waals surface area contributed by atoms with Gasteiger partial charge in [-0.1, -0.05) is 35.9 Å². The molecule has 1 unspecified atom stereocenters. The minimum absolute atomic E-state index is 0.0942. The fourth-order valence-corrected chi connectivity index (χ4v) is 6.98. The summed E-state index contributed by atoms with van der Waals surface area (Å²) in [6.45, 7) is 1.55. The van der Waals surface area contributed by atoms with E-state index in [1.165, 1.54) is 15.9 Å².